The van der Waals surface area contributed by atoms with E-state index >= 15 is 0 Å². The molecule has 1 aromatic rings. The molecule has 1 atom stereocenters. The second-order valence-corrected chi connectivity index (χ2v) is 8.17. The number of nitrogens with one attached hydrogen (secondary N) is 1. The van der Waals surface area contributed by atoms with Gasteiger partial charge in [-0.2, -0.15) is 11.8 Å². The number of ether oxygens (including phenoxy) is 1. The predicted octanol–water partition coefficient (Wildman–Crippen LogP) is 3.08. The summed E-state index contributed by atoms with van der Waals surface area (Å²) in [5.74, 6) is 2.54. The van der Waals surface area contributed by atoms with E-state index < -0.39 is 6.04 Å². The van der Waals surface area contributed by atoms with E-state index in [4.69, 9.17) is 10.5 Å². The van der Waals surface area contributed by atoms with Crippen LogP contribution in [0.4, 0.5) is 5.69 Å². The Kier molecular flexibility index (Phi) is 11.0. The number of nitrogens with two attached hydrogens (primary N) is 1. The summed E-state index contributed by atoms with van der Waals surface area (Å²) in [5, 5.41) is 3.06. The molecule has 0 saturated carbocycles. The second-order valence-electron chi connectivity index (χ2n) is 6.94. The van der Waals surface area contributed by atoms with Crippen LogP contribution in [-0.2, 0) is 16.1 Å². The van der Waals surface area contributed by atoms with E-state index in [2.05, 4.69) is 23.2 Å². The minimum atomic E-state index is -0.467. The molecule has 3 N–H and O–H groups in total. The average Bonchev–Trinajstić information content (AvgIpc) is 2.66. The standard InChI is InChI=1S/C19H29N3O2S.2ClH/c1-14-16(13-22-7-11-25-12-8-22)3-2-4-17(14)21-19(23)18(20)15-5-9-24-10-6-15;;/h2-4,15,18H,5-13,20H2,1H3,(H,21,23);2*1H. The largest absolute Gasteiger partial charge is 0.381 e. The Balaban J connectivity index is 0.00000182. The molecule has 2 fully saturated rings. The van der Waals surface area contributed by atoms with Crippen LogP contribution >= 0.6 is 36.6 Å². The van der Waals surface area contributed by atoms with Crippen molar-refractivity contribution in [1.29, 1.82) is 0 Å². The summed E-state index contributed by atoms with van der Waals surface area (Å²) >= 11 is 2.02. The maximum absolute atomic E-state index is 12.6. The molecule has 154 valence electrons. The lowest BCUT2D eigenvalue weighted by Crippen LogP contribution is -2.44. The van der Waals surface area contributed by atoms with Gasteiger partial charge in [-0.15, -0.1) is 24.8 Å². The number of rotatable bonds is 5. The SMILES string of the molecule is Cc1c(CN2CCSCC2)cccc1NC(=O)C(N)C1CCOCC1.Cl.Cl. The van der Waals surface area contributed by atoms with Crippen LogP contribution < -0.4 is 11.1 Å². The number of halogens is 2. The van der Waals surface area contributed by atoms with Crippen LogP contribution in [-0.4, -0.2) is 54.7 Å². The van der Waals surface area contributed by atoms with E-state index in [1.165, 1.54) is 17.1 Å². The normalized spacial score (nSPS) is 19.5. The third kappa shape index (κ3) is 6.80. The molecule has 0 radical (unpaired) electrons. The number of thioether (sulfide) groups is 1. The van der Waals surface area contributed by atoms with Gasteiger partial charge in [0.2, 0.25) is 5.91 Å². The van der Waals surface area contributed by atoms with Gasteiger partial charge in [0.25, 0.3) is 0 Å². The van der Waals surface area contributed by atoms with E-state index in [9.17, 15) is 4.79 Å². The van der Waals surface area contributed by atoms with Gasteiger partial charge < -0.3 is 15.8 Å². The highest BCUT2D eigenvalue weighted by Gasteiger charge is 2.27. The molecule has 3 rings (SSSR count). The van der Waals surface area contributed by atoms with Gasteiger partial charge in [-0.05, 0) is 42.9 Å². The van der Waals surface area contributed by atoms with E-state index in [1.54, 1.807) is 0 Å². The number of benzene rings is 1. The van der Waals surface area contributed by atoms with Gasteiger partial charge in [0.1, 0.15) is 0 Å². The van der Waals surface area contributed by atoms with Crippen molar-refractivity contribution in [3.05, 3.63) is 29.3 Å². The fourth-order valence-electron chi connectivity index (χ4n) is 3.50. The summed E-state index contributed by atoms with van der Waals surface area (Å²) in [6.07, 6.45) is 1.72. The molecule has 0 spiro atoms. The summed E-state index contributed by atoms with van der Waals surface area (Å²) < 4.78 is 5.36. The number of anilines is 1. The van der Waals surface area contributed by atoms with Gasteiger partial charge in [-0.1, -0.05) is 12.1 Å². The van der Waals surface area contributed by atoms with Crippen LogP contribution in [0.2, 0.25) is 0 Å². The molecule has 2 heterocycles. The lowest BCUT2D eigenvalue weighted by atomic mass is 9.91. The maximum atomic E-state index is 12.6. The van der Waals surface area contributed by atoms with Gasteiger partial charge in [-0.25, -0.2) is 0 Å². The molecule has 0 bridgehead atoms. The van der Waals surface area contributed by atoms with E-state index in [1.807, 2.05) is 23.9 Å². The molecule has 1 aromatic carbocycles. The van der Waals surface area contributed by atoms with Crippen LogP contribution in [0, 0.1) is 12.8 Å². The highest BCUT2D eigenvalue weighted by atomic mass is 35.5. The topological polar surface area (TPSA) is 67.6 Å². The predicted molar refractivity (Wildman–Crippen MR) is 118 cm³/mol. The second kappa shape index (κ2) is 12.1. The number of carbonyl (C=O) groups is 1. The molecular weight excluding hydrogens is 405 g/mol. The number of hydrogen-bond acceptors (Lipinski definition) is 5. The van der Waals surface area contributed by atoms with Gasteiger partial charge in [-0.3, -0.25) is 9.69 Å². The summed E-state index contributed by atoms with van der Waals surface area (Å²) in [6.45, 7) is 6.71. The fraction of sp³-hybridized carbons (Fsp3) is 0.632. The maximum Gasteiger partial charge on any atom is 0.241 e. The Morgan fingerprint density at radius 3 is 2.63 bits per heavy atom. The molecule has 8 heteroatoms. The first-order valence-electron chi connectivity index (χ1n) is 9.18. The third-order valence-electron chi connectivity index (χ3n) is 5.28. The van der Waals surface area contributed by atoms with Crippen molar-refractivity contribution in [2.24, 2.45) is 11.7 Å². The fourth-order valence-corrected chi connectivity index (χ4v) is 4.47. The first-order valence-corrected chi connectivity index (χ1v) is 10.3. The monoisotopic (exact) mass is 435 g/mol. The Bertz CT molecular complexity index is 594. The zero-order chi connectivity index (χ0) is 17.6. The molecule has 1 amide bonds. The van der Waals surface area contributed by atoms with Crippen molar-refractivity contribution in [3.63, 3.8) is 0 Å². The van der Waals surface area contributed by atoms with Crippen LogP contribution in [0.3, 0.4) is 0 Å². The highest BCUT2D eigenvalue weighted by molar-refractivity contribution is 7.99. The third-order valence-corrected chi connectivity index (χ3v) is 6.22. The molecule has 1 unspecified atom stereocenters. The summed E-state index contributed by atoms with van der Waals surface area (Å²) in [7, 11) is 0. The zero-order valence-electron chi connectivity index (χ0n) is 15.8. The minimum absolute atomic E-state index is 0. The molecule has 2 aliphatic rings. The Hall–Kier alpha value is -0.500. The Morgan fingerprint density at radius 1 is 1.30 bits per heavy atom. The average molecular weight is 436 g/mol. The van der Waals surface area contributed by atoms with Crippen LogP contribution in [0.15, 0.2) is 18.2 Å². The van der Waals surface area contributed by atoms with Crippen molar-refractivity contribution in [2.45, 2.75) is 32.4 Å². The number of hydrogen-bond donors (Lipinski definition) is 2. The highest BCUT2D eigenvalue weighted by Crippen LogP contribution is 2.23. The first-order chi connectivity index (χ1) is 12.1. The lowest BCUT2D eigenvalue weighted by molar-refractivity contribution is -0.119. The van der Waals surface area contributed by atoms with Gasteiger partial charge in [0, 0.05) is 50.0 Å². The van der Waals surface area contributed by atoms with Crippen LogP contribution in [0.25, 0.3) is 0 Å². The lowest BCUT2D eigenvalue weighted by Gasteiger charge is -2.28. The molecule has 27 heavy (non-hydrogen) atoms. The van der Waals surface area contributed by atoms with Crippen molar-refractivity contribution >= 4 is 48.2 Å². The molecule has 5 nitrogen and oxygen atoms in total. The van der Waals surface area contributed by atoms with Crippen molar-refractivity contribution < 1.29 is 9.53 Å². The molecule has 2 aliphatic heterocycles. The molecule has 2 saturated heterocycles. The number of nitrogens with zero attached hydrogens (tertiary/aromatic N) is 1. The van der Waals surface area contributed by atoms with Crippen LogP contribution in [0.1, 0.15) is 24.0 Å². The Morgan fingerprint density at radius 2 is 1.96 bits per heavy atom. The van der Waals surface area contributed by atoms with Crippen molar-refractivity contribution in [3.8, 4) is 0 Å². The molecule has 0 aromatic heterocycles. The summed E-state index contributed by atoms with van der Waals surface area (Å²) in [4.78, 5) is 15.1. The van der Waals surface area contributed by atoms with Crippen LogP contribution in [0.5, 0.6) is 0 Å². The quantitative estimate of drug-likeness (QED) is 0.743. The van der Waals surface area contributed by atoms with Gasteiger partial charge in [0.15, 0.2) is 0 Å². The van der Waals surface area contributed by atoms with E-state index in [0.717, 1.165) is 43.7 Å². The zero-order valence-corrected chi connectivity index (χ0v) is 18.3. The summed E-state index contributed by atoms with van der Waals surface area (Å²) in [5.41, 5.74) is 9.51. The first kappa shape index (κ1) is 24.5. The molecular formula is C19H31Cl2N3O2S. The van der Waals surface area contributed by atoms with E-state index in [0.29, 0.717) is 13.2 Å². The smallest absolute Gasteiger partial charge is 0.241 e. The van der Waals surface area contributed by atoms with E-state index in [-0.39, 0.29) is 36.6 Å². The number of carbonyl (C=O) groups excluding carboxylic acids is 1. The van der Waals surface area contributed by atoms with Crippen molar-refractivity contribution in [2.75, 3.05) is 43.1 Å². The van der Waals surface area contributed by atoms with Gasteiger partial charge >= 0.3 is 0 Å². The van der Waals surface area contributed by atoms with Crippen molar-refractivity contribution in [1.82, 2.24) is 4.90 Å². The minimum Gasteiger partial charge on any atom is -0.381 e. The van der Waals surface area contributed by atoms with Gasteiger partial charge in [0.05, 0.1) is 6.04 Å². The molecule has 0 aliphatic carbocycles. The Labute approximate surface area is 179 Å². The number of amides is 1. The summed E-state index contributed by atoms with van der Waals surface area (Å²) in [6, 6.07) is 5.69.